The summed E-state index contributed by atoms with van der Waals surface area (Å²) in [4.78, 5) is 0. The van der Waals surface area contributed by atoms with E-state index in [4.69, 9.17) is 15.2 Å². The molecule has 0 fully saturated rings. The molecule has 4 nitrogen and oxygen atoms in total. The summed E-state index contributed by atoms with van der Waals surface area (Å²) in [5.41, 5.74) is 7.30. The first-order chi connectivity index (χ1) is 8.06. The fourth-order valence-electron chi connectivity index (χ4n) is 1.93. The van der Waals surface area contributed by atoms with Crippen LogP contribution < -0.4 is 15.2 Å². The fourth-order valence-corrected chi connectivity index (χ4v) is 1.93. The first kappa shape index (κ1) is 13.8. The minimum atomic E-state index is -0.738. The van der Waals surface area contributed by atoms with Crippen molar-refractivity contribution in [3.63, 3.8) is 0 Å². The van der Waals surface area contributed by atoms with Crippen molar-refractivity contribution in [3.8, 4) is 11.5 Å². The van der Waals surface area contributed by atoms with Crippen LogP contribution in [-0.2, 0) is 0 Å². The molecule has 0 saturated carbocycles. The molecule has 0 heterocycles. The summed E-state index contributed by atoms with van der Waals surface area (Å²) in [5.74, 6) is 1.46. The Bertz CT molecular complexity index is 377. The zero-order chi connectivity index (χ0) is 13.0. The molecule has 3 N–H and O–H groups in total. The van der Waals surface area contributed by atoms with E-state index in [-0.39, 0.29) is 12.5 Å². The maximum Gasteiger partial charge on any atom is 0.166 e. The highest BCUT2D eigenvalue weighted by Gasteiger charge is 2.21. The second-order valence-electron chi connectivity index (χ2n) is 4.21. The molecular formula is C13H21NO3. The zero-order valence-corrected chi connectivity index (χ0v) is 10.9. The number of rotatable bonds is 5. The molecule has 0 spiro atoms. The first-order valence-electron chi connectivity index (χ1n) is 5.69. The van der Waals surface area contributed by atoms with Crippen LogP contribution in [0.1, 0.15) is 37.0 Å². The lowest BCUT2D eigenvalue weighted by molar-refractivity contribution is 0.179. The number of hydrogen-bond donors (Lipinski definition) is 2. The van der Waals surface area contributed by atoms with Crippen molar-refractivity contribution in [1.82, 2.24) is 0 Å². The van der Waals surface area contributed by atoms with Crippen molar-refractivity contribution in [2.45, 2.75) is 25.9 Å². The van der Waals surface area contributed by atoms with E-state index in [1.165, 1.54) is 0 Å². The predicted molar refractivity (Wildman–Crippen MR) is 67.6 cm³/mol. The molecule has 0 saturated heterocycles. The molecule has 0 radical (unpaired) electrons. The molecule has 0 bridgehead atoms. The molecule has 17 heavy (non-hydrogen) atoms. The van der Waals surface area contributed by atoms with Gasteiger partial charge in [-0.05, 0) is 17.5 Å². The number of nitrogens with two attached hydrogens (primary N) is 1. The van der Waals surface area contributed by atoms with Gasteiger partial charge in [-0.15, -0.1) is 0 Å². The summed E-state index contributed by atoms with van der Waals surface area (Å²) in [6.45, 7) is 4.28. The Morgan fingerprint density at radius 3 is 2.29 bits per heavy atom. The van der Waals surface area contributed by atoms with E-state index >= 15 is 0 Å². The Labute approximate surface area is 102 Å². The number of hydrogen-bond acceptors (Lipinski definition) is 4. The SMILES string of the molecule is COc1ccc(C(C)C)c(C(O)CN)c1OC. The van der Waals surface area contributed by atoms with E-state index in [1.54, 1.807) is 14.2 Å². The van der Waals surface area contributed by atoms with Crippen molar-refractivity contribution < 1.29 is 14.6 Å². The van der Waals surface area contributed by atoms with Crippen LogP contribution in [0.2, 0.25) is 0 Å². The molecule has 96 valence electrons. The standard InChI is InChI=1S/C13H21NO3/c1-8(2)9-5-6-11(16-3)13(17-4)12(9)10(15)7-14/h5-6,8,10,15H,7,14H2,1-4H3. The van der Waals surface area contributed by atoms with Gasteiger partial charge in [-0.25, -0.2) is 0 Å². The topological polar surface area (TPSA) is 64.7 Å². The maximum absolute atomic E-state index is 10.0. The highest BCUT2D eigenvalue weighted by molar-refractivity contribution is 5.53. The summed E-state index contributed by atoms with van der Waals surface area (Å²) >= 11 is 0. The van der Waals surface area contributed by atoms with Crippen LogP contribution in [0.4, 0.5) is 0 Å². The summed E-state index contributed by atoms with van der Waals surface area (Å²) in [6, 6.07) is 3.79. The lowest BCUT2D eigenvalue weighted by Gasteiger charge is -2.21. The predicted octanol–water partition coefficient (Wildman–Crippen LogP) is 1.82. The third-order valence-corrected chi connectivity index (χ3v) is 2.80. The number of benzene rings is 1. The Kier molecular flexibility index (Phi) is 4.78. The Hall–Kier alpha value is -1.26. The molecule has 0 amide bonds. The van der Waals surface area contributed by atoms with Crippen LogP contribution in [0.25, 0.3) is 0 Å². The molecular weight excluding hydrogens is 218 g/mol. The van der Waals surface area contributed by atoms with Crippen LogP contribution in [-0.4, -0.2) is 25.9 Å². The highest BCUT2D eigenvalue weighted by atomic mass is 16.5. The summed E-state index contributed by atoms with van der Waals surface area (Å²) in [6.07, 6.45) is -0.738. The van der Waals surface area contributed by atoms with Gasteiger partial charge in [0.25, 0.3) is 0 Å². The van der Waals surface area contributed by atoms with E-state index in [1.807, 2.05) is 12.1 Å². The van der Waals surface area contributed by atoms with Gasteiger partial charge in [0.15, 0.2) is 11.5 Å². The van der Waals surface area contributed by atoms with E-state index in [0.717, 1.165) is 11.1 Å². The third-order valence-electron chi connectivity index (χ3n) is 2.80. The third kappa shape index (κ3) is 2.70. The Morgan fingerprint density at radius 1 is 1.24 bits per heavy atom. The minimum Gasteiger partial charge on any atom is -0.493 e. The molecule has 4 heteroatoms. The van der Waals surface area contributed by atoms with Crippen LogP contribution in [0.3, 0.4) is 0 Å². The van der Waals surface area contributed by atoms with Gasteiger partial charge in [-0.1, -0.05) is 19.9 Å². The van der Waals surface area contributed by atoms with Crippen molar-refractivity contribution in [1.29, 1.82) is 0 Å². The van der Waals surface area contributed by atoms with Crippen molar-refractivity contribution in [2.24, 2.45) is 5.73 Å². The Balaban J connectivity index is 3.44. The lowest BCUT2D eigenvalue weighted by Crippen LogP contribution is -2.15. The highest BCUT2D eigenvalue weighted by Crippen LogP contribution is 2.39. The van der Waals surface area contributed by atoms with Crippen LogP contribution >= 0.6 is 0 Å². The second-order valence-corrected chi connectivity index (χ2v) is 4.21. The van der Waals surface area contributed by atoms with Gasteiger partial charge < -0.3 is 20.3 Å². The zero-order valence-electron chi connectivity index (χ0n) is 10.9. The molecule has 1 unspecified atom stereocenters. The van der Waals surface area contributed by atoms with Gasteiger partial charge in [0.1, 0.15) is 0 Å². The van der Waals surface area contributed by atoms with Gasteiger partial charge in [-0.3, -0.25) is 0 Å². The minimum absolute atomic E-state index is 0.156. The lowest BCUT2D eigenvalue weighted by atomic mass is 9.92. The van der Waals surface area contributed by atoms with Gasteiger partial charge in [-0.2, -0.15) is 0 Å². The molecule has 0 aromatic heterocycles. The Morgan fingerprint density at radius 2 is 1.88 bits per heavy atom. The normalized spacial score (nSPS) is 12.6. The number of aliphatic hydroxyl groups is 1. The average Bonchev–Trinajstić information content (AvgIpc) is 2.35. The molecule has 1 rings (SSSR count). The number of ether oxygens (including phenoxy) is 2. The van der Waals surface area contributed by atoms with E-state index in [0.29, 0.717) is 11.5 Å². The molecule has 0 aliphatic carbocycles. The number of aliphatic hydroxyl groups excluding tert-OH is 1. The second kappa shape index (κ2) is 5.89. The average molecular weight is 239 g/mol. The summed E-state index contributed by atoms with van der Waals surface area (Å²) < 4.78 is 10.6. The molecule has 1 aromatic rings. The largest absolute Gasteiger partial charge is 0.493 e. The van der Waals surface area contributed by atoms with Crippen LogP contribution in [0, 0.1) is 0 Å². The van der Waals surface area contributed by atoms with E-state index < -0.39 is 6.10 Å². The maximum atomic E-state index is 10.0. The van der Waals surface area contributed by atoms with Crippen molar-refractivity contribution >= 4 is 0 Å². The van der Waals surface area contributed by atoms with E-state index in [2.05, 4.69) is 13.8 Å². The molecule has 0 aliphatic rings. The number of methoxy groups -OCH3 is 2. The summed E-state index contributed by atoms with van der Waals surface area (Å²) in [5, 5.41) is 10.0. The monoisotopic (exact) mass is 239 g/mol. The molecule has 0 aliphatic heterocycles. The molecule has 1 atom stereocenters. The fraction of sp³-hybridized carbons (Fsp3) is 0.538. The smallest absolute Gasteiger partial charge is 0.166 e. The van der Waals surface area contributed by atoms with Gasteiger partial charge in [0, 0.05) is 12.1 Å². The van der Waals surface area contributed by atoms with E-state index in [9.17, 15) is 5.11 Å². The quantitative estimate of drug-likeness (QED) is 0.822. The molecule has 1 aromatic carbocycles. The summed E-state index contributed by atoms with van der Waals surface area (Å²) in [7, 11) is 3.14. The van der Waals surface area contributed by atoms with Crippen LogP contribution in [0.15, 0.2) is 12.1 Å². The van der Waals surface area contributed by atoms with Crippen molar-refractivity contribution in [3.05, 3.63) is 23.3 Å². The van der Waals surface area contributed by atoms with Gasteiger partial charge in [0.2, 0.25) is 0 Å². The van der Waals surface area contributed by atoms with Crippen LogP contribution in [0.5, 0.6) is 11.5 Å². The van der Waals surface area contributed by atoms with Gasteiger partial charge >= 0.3 is 0 Å². The van der Waals surface area contributed by atoms with Crippen molar-refractivity contribution in [2.75, 3.05) is 20.8 Å². The van der Waals surface area contributed by atoms with Gasteiger partial charge in [0.05, 0.1) is 20.3 Å². The first-order valence-corrected chi connectivity index (χ1v) is 5.69.